The first-order chi connectivity index (χ1) is 22.2. The molecular formula is C36H34O10. The van der Waals surface area contributed by atoms with E-state index in [1.807, 2.05) is 0 Å². The fourth-order valence-corrected chi connectivity index (χ4v) is 4.79. The molecule has 4 aromatic rings. The predicted molar refractivity (Wildman–Crippen MR) is 174 cm³/mol. The van der Waals surface area contributed by atoms with E-state index in [1.165, 1.54) is 52.7 Å². The van der Waals surface area contributed by atoms with Crippen LogP contribution in [0.2, 0.25) is 0 Å². The van der Waals surface area contributed by atoms with E-state index in [1.54, 1.807) is 74.9 Å². The molecule has 2 N–H and O–H groups in total. The van der Waals surface area contributed by atoms with E-state index in [0.29, 0.717) is 22.6 Å². The number of ketones is 2. The molecule has 0 atom stereocenters. The molecule has 0 bridgehead atoms. The van der Waals surface area contributed by atoms with Gasteiger partial charge in [0.15, 0.2) is 11.6 Å². The summed E-state index contributed by atoms with van der Waals surface area (Å²) in [5.74, 6) is -0.888. The van der Waals surface area contributed by atoms with E-state index >= 15 is 0 Å². The van der Waals surface area contributed by atoms with Crippen LogP contribution in [-0.4, -0.2) is 64.4 Å². The average Bonchev–Trinajstić information content (AvgIpc) is 3.09. The van der Waals surface area contributed by atoms with E-state index in [2.05, 4.69) is 0 Å². The number of ether oxygens (including phenoxy) is 6. The highest BCUT2D eigenvalue weighted by Crippen LogP contribution is 2.53. The summed E-state index contributed by atoms with van der Waals surface area (Å²) in [6.07, 6.45) is 5.70. The van der Waals surface area contributed by atoms with Gasteiger partial charge in [0.05, 0.1) is 53.8 Å². The Morgan fingerprint density at radius 2 is 0.826 bits per heavy atom. The van der Waals surface area contributed by atoms with Crippen LogP contribution in [-0.2, 0) is 0 Å². The van der Waals surface area contributed by atoms with Crippen LogP contribution in [0.5, 0.6) is 46.0 Å². The molecule has 0 spiro atoms. The molecule has 0 heterocycles. The van der Waals surface area contributed by atoms with E-state index in [0.717, 1.165) is 0 Å². The minimum atomic E-state index is -0.597. The van der Waals surface area contributed by atoms with Gasteiger partial charge in [0.2, 0.25) is 0 Å². The Kier molecular flexibility index (Phi) is 10.6. The second-order valence-electron chi connectivity index (χ2n) is 9.70. The molecule has 0 saturated heterocycles. The van der Waals surface area contributed by atoms with Crippen LogP contribution >= 0.6 is 0 Å². The highest BCUT2D eigenvalue weighted by Gasteiger charge is 2.31. The molecule has 0 saturated carbocycles. The second kappa shape index (κ2) is 14.7. The van der Waals surface area contributed by atoms with Gasteiger partial charge in [-0.05, 0) is 47.5 Å². The molecule has 0 aliphatic heterocycles. The molecule has 10 nitrogen and oxygen atoms in total. The van der Waals surface area contributed by atoms with Crippen LogP contribution in [0, 0.1) is 0 Å². The second-order valence-corrected chi connectivity index (χ2v) is 9.70. The van der Waals surface area contributed by atoms with Crippen LogP contribution in [0.4, 0.5) is 0 Å². The number of rotatable bonds is 13. The third kappa shape index (κ3) is 6.76. The lowest BCUT2D eigenvalue weighted by atomic mass is 9.92. The summed E-state index contributed by atoms with van der Waals surface area (Å²) in [6, 6.07) is 16.9. The normalized spacial score (nSPS) is 11.0. The number of allylic oxidation sites excluding steroid dienone is 2. The predicted octanol–water partition coefficient (Wildman–Crippen LogP) is 6.61. The zero-order chi connectivity index (χ0) is 33.4. The summed E-state index contributed by atoms with van der Waals surface area (Å²) in [7, 11) is 8.49. The number of aromatic hydroxyl groups is 2. The monoisotopic (exact) mass is 626 g/mol. The molecule has 46 heavy (non-hydrogen) atoms. The molecule has 0 aromatic heterocycles. The maximum Gasteiger partial charge on any atom is 0.193 e. The van der Waals surface area contributed by atoms with Crippen LogP contribution < -0.4 is 28.4 Å². The fraction of sp³-hybridized carbons (Fsp3) is 0.167. The van der Waals surface area contributed by atoms with Crippen LogP contribution in [0.15, 0.2) is 72.8 Å². The zero-order valence-corrected chi connectivity index (χ0v) is 26.2. The van der Waals surface area contributed by atoms with E-state index in [4.69, 9.17) is 28.4 Å². The van der Waals surface area contributed by atoms with Crippen molar-refractivity contribution in [1.29, 1.82) is 0 Å². The maximum atomic E-state index is 13.5. The Morgan fingerprint density at radius 1 is 0.500 bits per heavy atom. The van der Waals surface area contributed by atoms with Crippen LogP contribution in [0.3, 0.4) is 0 Å². The first-order valence-electron chi connectivity index (χ1n) is 13.9. The SMILES string of the molecule is COc1ccc(/C=C/C(=O)c2c(OC)cc(OC)c(-c3c(OC)cc(OC)c(C(=O)/C=C/c4ccc(OC)cc4)c3O)c2O)cc1. The van der Waals surface area contributed by atoms with Crippen molar-refractivity contribution in [3.63, 3.8) is 0 Å². The van der Waals surface area contributed by atoms with Crippen LogP contribution in [0.1, 0.15) is 31.8 Å². The van der Waals surface area contributed by atoms with E-state index in [9.17, 15) is 19.8 Å². The van der Waals surface area contributed by atoms with Gasteiger partial charge in [-0.3, -0.25) is 9.59 Å². The molecule has 0 unspecified atom stereocenters. The van der Waals surface area contributed by atoms with Crippen molar-refractivity contribution >= 4 is 23.7 Å². The third-order valence-corrected chi connectivity index (χ3v) is 7.17. The van der Waals surface area contributed by atoms with Crippen LogP contribution in [0.25, 0.3) is 23.3 Å². The zero-order valence-electron chi connectivity index (χ0n) is 26.2. The lowest BCUT2D eigenvalue weighted by Gasteiger charge is -2.21. The maximum absolute atomic E-state index is 13.5. The number of hydrogen-bond acceptors (Lipinski definition) is 10. The quantitative estimate of drug-likeness (QED) is 0.124. The van der Waals surface area contributed by atoms with Crippen molar-refractivity contribution in [2.45, 2.75) is 0 Å². The topological polar surface area (TPSA) is 130 Å². The smallest absolute Gasteiger partial charge is 0.193 e. The Morgan fingerprint density at radius 3 is 1.11 bits per heavy atom. The van der Waals surface area contributed by atoms with Crippen molar-refractivity contribution in [3.8, 4) is 57.1 Å². The van der Waals surface area contributed by atoms with Gasteiger partial charge in [0.25, 0.3) is 0 Å². The summed E-state index contributed by atoms with van der Waals surface area (Å²) in [5.41, 5.74) is 0.813. The lowest BCUT2D eigenvalue weighted by Crippen LogP contribution is -2.06. The van der Waals surface area contributed by atoms with Crippen molar-refractivity contribution in [1.82, 2.24) is 0 Å². The van der Waals surface area contributed by atoms with Crippen molar-refractivity contribution < 1.29 is 48.2 Å². The van der Waals surface area contributed by atoms with Gasteiger partial charge in [-0.15, -0.1) is 0 Å². The molecule has 0 amide bonds. The number of benzene rings is 4. The van der Waals surface area contributed by atoms with Gasteiger partial charge in [-0.2, -0.15) is 0 Å². The molecule has 0 aliphatic rings. The highest BCUT2D eigenvalue weighted by atomic mass is 16.5. The number of carbonyl (C=O) groups excluding carboxylic acids is 2. The molecule has 4 rings (SSSR count). The molecule has 0 fully saturated rings. The van der Waals surface area contributed by atoms with Gasteiger partial charge in [0, 0.05) is 12.1 Å². The first-order valence-corrected chi connectivity index (χ1v) is 13.9. The number of phenols is 2. The Hall–Kier alpha value is -5.90. The fourth-order valence-electron chi connectivity index (χ4n) is 4.79. The van der Waals surface area contributed by atoms with Gasteiger partial charge < -0.3 is 38.6 Å². The number of phenolic OH excluding ortho intramolecular Hbond substituents is 2. The minimum absolute atomic E-state index is 0.0215. The van der Waals surface area contributed by atoms with Crippen molar-refractivity contribution in [2.24, 2.45) is 0 Å². The van der Waals surface area contributed by atoms with E-state index < -0.39 is 23.1 Å². The molecule has 10 heteroatoms. The lowest BCUT2D eigenvalue weighted by molar-refractivity contribution is 0.103. The third-order valence-electron chi connectivity index (χ3n) is 7.17. The van der Waals surface area contributed by atoms with Gasteiger partial charge in [-0.1, -0.05) is 36.4 Å². The minimum Gasteiger partial charge on any atom is -0.506 e. The number of methoxy groups -OCH3 is 6. The standard InChI is InChI=1S/C36H34O10/c1-41-23-13-7-21(8-14-23)11-17-25(37)31-27(43-3)19-29(45-5)33(35(31)39)34-30(46-6)20-28(44-4)32(36(34)40)26(38)18-12-22-9-15-24(42-2)16-10-22/h7-20,39-40H,1-6H3/b17-11+,18-12+. The first kappa shape index (κ1) is 33.0. The Balaban J connectivity index is 1.87. The molecule has 4 aromatic carbocycles. The largest absolute Gasteiger partial charge is 0.506 e. The van der Waals surface area contributed by atoms with Gasteiger partial charge in [-0.25, -0.2) is 0 Å². The molecule has 0 aliphatic carbocycles. The van der Waals surface area contributed by atoms with Gasteiger partial charge in [0.1, 0.15) is 57.1 Å². The van der Waals surface area contributed by atoms with Crippen molar-refractivity contribution in [3.05, 3.63) is 95.1 Å². The summed E-state index contributed by atoms with van der Waals surface area (Å²) in [4.78, 5) is 27.0. The molecule has 238 valence electrons. The Labute approximate surface area is 266 Å². The summed E-state index contributed by atoms with van der Waals surface area (Å²) in [5, 5.41) is 23.3. The molecular weight excluding hydrogens is 592 g/mol. The number of hydrogen-bond donors (Lipinski definition) is 2. The van der Waals surface area contributed by atoms with Crippen molar-refractivity contribution in [2.75, 3.05) is 42.7 Å². The summed E-state index contributed by atoms with van der Waals surface area (Å²) in [6.45, 7) is 0. The highest BCUT2D eigenvalue weighted by molar-refractivity contribution is 6.15. The van der Waals surface area contributed by atoms with Gasteiger partial charge >= 0.3 is 0 Å². The Bertz CT molecular complexity index is 1650. The molecule has 0 radical (unpaired) electrons. The van der Waals surface area contributed by atoms with E-state index in [-0.39, 0.29) is 45.3 Å². The summed E-state index contributed by atoms with van der Waals surface area (Å²) < 4.78 is 32.3. The summed E-state index contributed by atoms with van der Waals surface area (Å²) >= 11 is 0. The average molecular weight is 627 g/mol. The number of carbonyl (C=O) groups is 2.